The van der Waals surface area contributed by atoms with Gasteiger partial charge in [-0.25, -0.2) is 4.79 Å². The van der Waals surface area contributed by atoms with E-state index in [1.54, 1.807) is 0 Å². The molecule has 7 nitrogen and oxygen atoms in total. The normalized spacial score (nSPS) is 18.7. The van der Waals surface area contributed by atoms with Crippen LogP contribution in [0, 0.1) is 0 Å². The van der Waals surface area contributed by atoms with Gasteiger partial charge in [0.15, 0.2) is 0 Å². The number of carbonyl (C=O) groups is 1. The van der Waals surface area contributed by atoms with Gasteiger partial charge in [0.1, 0.15) is 25.8 Å². The molecule has 0 N–H and O–H groups in total. The Labute approximate surface area is 372 Å². The van der Waals surface area contributed by atoms with Gasteiger partial charge in [-0.2, -0.15) is 0 Å². The standard InChI is InChI=1S/C53H66N2O5Si2/c1-61(2,3)33-31-57-39-59-51-49(35-41-19-9-7-10-20-41)54(37-45-27-17-25-43-23-13-15-29-47(43)45)53(56)55(38-46-28-18-26-44-24-14-16-30-48(44)46)50(36-42-21-11-8-12-22-42)52(51)60-40-58-32-34-62(4,5)6/h7-30,49-52H,31-40H2,1-6H3/t49-,50-,51+,52+/m1/s1. The Bertz CT molecular complexity index is 2160. The summed E-state index contributed by atoms with van der Waals surface area (Å²) >= 11 is 0. The highest BCUT2D eigenvalue weighted by Gasteiger charge is 2.49. The molecule has 9 heteroatoms. The molecule has 1 heterocycles. The number of carbonyl (C=O) groups excluding carboxylic acids is 1. The Morgan fingerprint density at radius 2 is 0.839 bits per heavy atom. The highest BCUT2D eigenvalue weighted by Crippen LogP contribution is 2.35. The first kappa shape index (κ1) is 45.4. The molecule has 4 atom stereocenters. The maximum atomic E-state index is 16.2. The number of rotatable bonds is 20. The summed E-state index contributed by atoms with van der Waals surface area (Å²) < 4.78 is 27.0. The van der Waals surface area contributed by atoms with Crippen molar-refractivity contribution in [2.75, 3.05) is 26.8 Å². The maximum Gasteiger partial charge on any atom is 0.321 e. The quantitative estimate of drug-likeness (QED) is 0.0435. The minimum atomic E-state index is -1.36. The number of fused-ring (bicyclic) bond motifs is 2. The van der Waals surface area contributed by atoms with Gasteiger partial charge < -0.3 is 28.7 Å². The first-order valence-electron chi connectivity index (χ1n) is 22.4. The molecule has 0 unspecified atom stereocenters. The Morgan fingerprint density at radius 3 is 1.24 bits per heavy atom. The first-order chi connectivity index (χ1) is 29.9. The third-order valence-corrected chi connectivity index (χ3v) is 15.5. The van der Waals surface area contributed by atoms with Gasteiger partial charge in [-0.05, 0) is 68.7 Å². The summed E-state index contributed by atoms with van der Waals surface area (Å²) in [7, 11) is -2.71. The van der Waals surface area contributed by atoms with Crippen molar-refractivity contribution in [1.82, 2.24) is 9.80 Å². The predicted octanol–water partition coefficient (Wildman–Crippen LogP) is 12.0. The van der Waals surface area contributed by atoms with Crippen LogP contribution in [-0.2, 0) is 44.9 Å². The zero-order valence-corrected chi connectivity index (χ0v) is 39.7. The van der Waals surface area contributed by atoms with Crippen molar-refractivity contribution in [2.45, 2.75) is 102 Å². The number of nitrogens with zero attached hydrogens (tertiary/aromatic N) is 2. The molecular weight excluding hydrogens is 801 g/mol. The molecule has 0 bridgehead atoms. The fraction of sp³-hybridized carbons (Fsp3) is 0.377. The van der Waals surface area contributed by atoms with E-state index >= 15 is 4.79 Å². The van der Waals surface area contributed by atoms with Crippen molar-refractivity contribution in [3.63, 3.8) is 0 Å². The molecule has 1 aliphatic rings. The van der Waals surface area contributed by atoms with E-state index in [1.807, 2.05) is 12.1 Å². The molecule has 0 radical (unpaired) electrons. The number of urea groups is 1. The van der Waals surface area contributed by atoms with E-state index in [9.17, 15) is 0 Å². The average Bonchev–Trinajstić information content (AvgIpc) is 3.33. The van der Waals surface area contributed by atoms with Crippen LogP contribution in [0.25, 0.3) is 21.5 Å². The van der Waals surface area contributed by atoms with Crippen LogP contribution in [0.4, 0.5) is 4.79 Å². The second kappa shape index (κ2) is 21.2. The summed E-state index contributed by atoms with van der Waals surface area (Å²) in [6, 6.07) is 51.8. The molecule has 1 aliphatic heterocycles. The number of benzene rings is 6. The van der Waals surface area contributed by atoms with E-state index in [-0.39, 0.29) is 19.6 Å². The lowest BCUT2D eigenvalue weighted by atomic mass is 9.90. The topological polar surface area (TPSA) is 60.5 Å². The van der Waals surface area contributed by atoms with Crippen molar-refractivity contribution in [3.8, 4) is 0 Å². The Kier molecular flexibility index (Phi) is 15.5. The minimum absolute atomic E-state index is 0.0493. The van der Waals surface area contributed by atoms with Crippen molar-refractivity contribution in [3.05, 3.63) is 168 Å². The zero-order chi connectivity index (χ0) is 43.5. The molecule has 1 saturated heterocycles. The van der Waals surface area contributed by atoms with Gasteiger partial charge in [0.05, 0.1) is 12.1 Å². The summed E-state index contributed by atoms with van der Waals surface area (Å²) in [5, 5.41) is 4.54. The van der Waals surface area contributed by atoms with E-state index in [2.05, 4.69) is 183 Å². The summed E-state index contributed by atoms with van der Waals surface area (Å²) in [6.45, 7) is 16.4. The van der Waals surface area contributed by atoms with E-state index in [0.29, 0.717) is 39.1 Å². The summed E-state index contributed by atoms with van der Waals surface area (Å²) in [4.78, 5) is 20.3. The Morgan fingerprint density at radius 1 is 0.468 bits per heavy atom. The number of hydrogen-bond donors (Lipinski definition) is 0. The fourth-order valence-electron chi connectivity index (χ4n) is 8.54. The third kappa shape index (κ3) is 12.3. The molecule has 6 aromatic rings. The molecule has 0 spiro atoms. The van der Waals surface area contributed by atoms with Crippen molar-refractivity contribution < 1.29 is 23.7 Å². The Balaban J connectivity index is 1.39. The molecule has 0 saturated carbocycles. The van der Waals surface area contributed by atoms with Crippen molar-refractivity contribution >= 4 is 43.7 Å². The minimum Gasteiger partial charge on any atom is -0.356 e. The second-order valence-corrected chi connectivity index (χ2v) is 30.5. The number of amides is 2. The lowest BCUT2D eigenvalue weighted by molar-refractivity contribution is -0.188. The monoisotopic (exact) mass is 866 g/mol. The highest BCUT2D eigenvalue weighted by atomic mass is 28.3. The van der Waals surface area contributed by atoms with Gasteiger partial charge in [-0.3, -0.25) is 0 Å². The summed E-state index contributed by atoms with van der Waals surface area (Å²) in [6.07, 6.45) is -0.0263. The van der Waals surface area contributed by atoms with Crippen LogP contribution in [0.1, 0.15) is 22.3 Å². The predicted molar refractivity (Wildman–Crippen MR) is 260 cm³/mol. The van der Waals surface area contributed by atoms with Gasteiger partial charge in [-0.15, -0.1) is 0 Å². The van der Waals surface area contributed by atoms with Crippen LogP contribution >= 0.6 is 0 Å². The molecule has 62 heavy (non-hydrogen) atoms. The van der Waals surface area contributed by atoms with Crippen LogP contribution in [0.15, 0.2) is 146 Å². The molecule has 326 valence electrons. The van der Waals surface area contributed by atoms with E-state index in [1.165, 1.54) is 0 Å². The van der Waals surface area contributed by atoms with Crippen LogP contribution in [0.2, 0.25) is 51.4 Å². The second-order valence-electron chi connectivity index (χ2n) is 19.3. The molecule has 7 rings (SSSR count). The smallest absolute Gasteiger partial charge is 0.321 e. The highest BCUT2D eigenvalue weighted by molar-refractivity contribution is 6.76. The number of ether oxygens (including phenoxy) is 4. The molecule has 0 aromatic heterocycles. The van der Waals surface area contributed by atoms with Gasteiger partial charge in [-0.1, -0.05) is 185 Å². The van der Waals surface area contributed by atoms with Gasteiger partial charge in [0, 0.05) is 42.5 Å². The average molecular weight is 867 g/mol. The molecule has 2 amide bonds. The SMILES string of the molecule is C[Si](C)(C)CCOCO[C@@H]1[C@@H](OCOCC[Si](C)(C)C)[C@@H](Cc2ccccc2)N(Cc2cccc3ccccc23)C(=O)N(Cc2cccc3ccccc23)[C@@H]1Cc1ccccc1. The largest absolute Gasteiger partial charge is 0.356 e. The van der Waals surface area contributed by atoms with E-state index in [0.717, 1.165) is 55.9 Å². The zero-order valence-electron chi connectivity index (χ0n) is 37.7. The summed E-state index contributed by atoms with van der Waals surface area (Å²) in [5.74, 6) is 0. The Hall–Kier alpha value is -4.62. The lowest BCUT2D eigenvalue weighted by Gasteiger charge is -2.38. The molecule has 1 fully saturated rings. The van der Waals surface area contributed by atoms with E-state index < -0.39 is 40.4 Å². The van der Waals surface area contributed by atoms with Crippen LogP contribution in [0.3, 0.4) is 0 Å². The van der Waals surface area contributed by atoms with Crippen LogP contribution < -0.4 is 0 Å². The fourth-order valence-corrected chi connectivity index (χ4v) is 10.1. The van der Waals surface area contributed by atoms with Crippen LogP contribution in [0.5, 0.6) is 0 Å². The molecule has 6 aromatic carbocycles. The van der Waals surface area contributed by atoms with Crippen molar-refractivity contribution in [2.24, 2.45) is 0 Å². The number of hydrogen-bond acceptors (Lipinski definition) is 5. The van der Waals surface area contributed by atoms with Gasteiger partial charge in [0.2, 0.25) is 0 Å². The third-order valence-electron chi connectivity index (χ3n) is 12.1. The molecule has 0 aliphatic carbocycles. The van der Waals surface area contributed by atoms with Gasteiger partial charge >= 0.3 is 6.03 Å². The maximum absolute atomic E-state index is 16.2. The van der Waals surface area contributed by atoms with Crippen LogP contribution in [-0.4, -0.2) is 83.1 Å². The first-order valence-corrected chi connectivity index (χ1v) is 29.8. The summed E-state index contributed by atoms with van der Waals surface area (Å²) in [5.41, 5.74) is 4.40. The van der Waals surface area contributed by atoms with Gasteiger partial charge in [0.25, 0.3) is 0 Å². The molecular formula is C53H66N2O5Si2. The van der Waals surface area contributed by atoms with E-state index in [4.69, 9.17) is 18.9 Å². The van der Waals surface area contributed by atoms with Crippen molar-refractivity contribution in [1.29, 1.82) is 0 Å². The lowest BCUT2D eigenvalue weighted by Crippen LogP contribution is -2.53.